The Kier molecular flexibility index (Phi) is 8.71. The molecule has 0 unspecified atom stereocenters. The maximum Gasteiger partial charge on any atom is 0.189 e. The van der Waals surface area contributed by atoms with Gasteiger partial charge in [0.05, 0.1) is 12.6 Å². The Balaban J connectivity index is 1.18. The van der Waals surface area contributed by atoms with Gasteiger partial charge in [0, 0.05) is 22.3 Å². The van der Waals surface area contributed by atoms with Gasteiger partial charge in [0.1, 0.15) is 0 Å². The average Bonchev–Trinajstić information content (AvgIpc) is 3.19. The number of nitriles is 1. The van der Waals surface area contributed by atoms with Gasteiger partial charge in [0.15, 0.2) is 23.2 Å². The number of hydrogen-bond donors (Lipinski definition) is 0. The first-order valence-electron chi connectivity index (χ1n) is 16.0. The molecule has 0 fully saturated rings. The molecule has 0 amide bonds. The Hall–Kier alpha value is -7.21. The molecule has 50 heavy (non-hydrogen) atoms. The second-order valence-corrected chi connectivity index (χ2v) is 11.7. The maximum atomic E-state index is 9.42. The lowest BCUT2D eigenvalue weighted by molar-refractivity contribution is 1.04. The third-order valence-corrected chi connectivity index (χ3v) is 8.45. The number of rotatable bonds is 8. The molecule has 0 atom stereocenters. The summed E-state index contributed by atoms with van der Waals surface area (Å²) in [6, 6.07) is 47.9. The number of benzene rings is 6. The second-order valence-electron chi connectivity index (χ2n) is 11.7. The number of fused-ring (bicyclic) bond motifs is 1. The molecule has 0 saturated carbocycles. The quantitative estimate of drug-likeness (QED) is 0.123. The van der Waals surface area contributed by atoms with E-state index in [9.17, 15) is 5.26 Å². The second kappa shape index (κ2) is 13.9. The Morgan fingerprint density at radius 2 is 1.16 bits per heavy atom. The van der Waals surface area contributed by atoms with Crippen molar-refractivity contribution in [3.8, 4) is 51.1 Å². The van der Waals surface area contributed by atoms with E-state index in [1.807, 2.05) is 109 Å². The molecule has 5 nitrogen and oxygen atoms in total. The van der Waals surface area contributed by atoms with Crippen LogP contribution in [0, 0.1) is 17.9 Å². The van der Waals surface area contributed by atoms with Crippen LogP contribution in [0.25, 0.3) is 71.8 Å². The molecule has 0 saturated heterocycles. The van der Waals surface area contributed by atoms with Gasteiger partial charge in [-0.2, -0.15) is 5.26 Å². The van der Waals surface area contributed by atoms with E-state index in [0.29, 0.717) is 34.3 Å². The van der Waals surface area contributed by atoms with Gasteiger partial charge in [-0.3, -0.25) is 0 Å². The fourth-order valence-electron chi connectivity index (χ4n) is 5.90. The van der Waals surface area contributed by atoms with Gasteiger partial charge in [-0.25, -0.2) is 19.8 Å². The van der Waals surface area contributed by atoms with Crippen molar-refractivity contribution in [1.29, 1.82) is 5.26 Å². The number of hydrogen-bond acceptors (Lipinski definition) is 4. The molecule has 0 aliphatic heterocycles. The van der Waals surface area contributed by atoms with Gasteiger partial charge in [0.2, 0.25) is 0 Å². The van der Waals surface area contributed by atoms with Gasteiger partial charge < -0.3 is 0 Å². The highest BCUT2D eigenvalue weighted by atomic mass is 15.0. The van der Waals surface area contributed by atoms with Gasteiger partial charge >= 0.3 is 0 Å². The topological polar surface area (TPSA) is 66.8 Å². The fourth-order valence-corrected chi connectivity index (χ4v) is 5.90. The van der Waals surface area contributed by atoms with E-state index in [4.69, 9.17) is 21.5 Å². The minimum Gasteiger partial charge on any atom is -0.238 e. The van der Waals surface area contributed by atoms with Gasteiger partial charge in [-0.1, -0.05) is 147 Å². The lowest BCUT2D eigenvalue weighted by Gasteiger charge is -2.13. The first kappa shape index (κ1) is 31.4. The molecule has 7 rings (SSSR count). The number of nitrogens with zero attached hydrogens (tertiary/aromatic N) is 5. The lowest BCUT2D eigenvalue weighted by Crippen LogP contribution is -2.01. The summed E-state index contributed by atoms with van der Waals surface area (Å²) in [4.78, 5) is 17.9. The van der Waals surface area contributed by atoms with Crippen LogP contribution in [0.15, 0.2) is 165 Å². The predicted molar refractivity (Wildman–Crippen MR) is 204 cm³/mol. The van der Waals surface area contributed by atoms with Crippen molar-refractivity contribution in [2.45, 2.75) is 0 Å². The van der Waals surface area contributed by atoms with E-state index in [-0.39, 0.29) is 0 Å². The van der Waals surface area contributed by atoms with E-state index in [1.54, 1.807) is 6.07 Å². The predicted octanol–water partition coefficient (Wildman–Crippen LogP) is 11.4. The summed E-state index contributed by atoms with van der Waals surface area (Å²) in [5.41, 5.74) is 9.15. The van der Waals surface area contributed by atoms with Crippen molar-refractivity contribution in [3.63, 3.8) is 0 Å². The molecule has 1 heterocycles. The standard InChI is InChI=1S/C45H29N5/c1-30(18-19-31(2)43-48-44(35-12-6-4-7-13-35)50-45(49-43)36-14-8-5-9-15-36)39-24-25-40(42-17-11-10-16-41(39)42)34-22-20-33(21-23-34)37-26-32(29-46)27-38(28-37)47-3/h4-28H,1-2H2/b19-18-. The Morgan fingerprint density at radius 3 is 1.78 bits per heavy atom. The molecular formula is C45H29N5. The van der Waals surface area contributed by atoms with Crippen LogP contribution in [0.1, 0.15) is 17.0 Å². The van der Waals surface area contributed by atoms with E-state index < -0.39 is 0 Å². The van der Waals surface area contributed by atoms with Crippen molar-refractivity contribution in [2.75, 3.05) is 0 Å². The molecule has 1 aromatic heterocycles. The van der Waals surface area contributed by atoms with Crippen molar-refractivity contribution in [3.05, 3.63) is 193 Å². The Morgan fingerprint density at radius 1 is 0.580 bits per heavy atom. The summed E-state index contributed by atoms with van der Waals surface area (Å²) < 4.78 is 0. The molecule has 0 spiro atoms. The third-order valence-electron chi connectivity index (χ3n) is 8.45. The lowest BCUT2D eigenvalue weighted by atomic mass is 9.91. The summed E-state index contributed by atoms with van der Waals surface area (Å²) in [5, 5.41) is 11.6. The van der Waals surface area contributed by atoms with Gasteiger partial charge in [0.25, 0.3) is 0 Å². The van der Waals surface area contributed by atoms with Crippen LogP contribution in [0.3, 0.4) is 0 Å². The average molecular weight is 640 g/mol. The fraction of sp³-hybridized carbons (Fsp3) is 0. The van der Waals surface area contributed by atoms with Gasteiger partial charge in [-0.05, 0) is 62.4 Å². The minimum atomic E-state index is 0.449. The van der Waals surface area contributed by atoms with E-state index in [1.165, 1.54) is 0 Å². The monoisotopic (exact) mass is 639 g/mol. The van der Waals surface area contributed by atoms with Crippen molar-refractivity contribution in [1.82, 2.24) is 15.0 Å². The van der Waals surface area contributed by atoms with Gasteiger partial charge in [-0.15, -0.1) is 0 Å². The normalized spacial score (nSPS) is 10.8. The number of aromatic nitrogens is 3. The largest absolute Gasteiger partial charge is 0.238 e. The Labute approximate surface area is 291 Å². The highest BCUT2D eigenvalue weighted by molar-refractivity contribution is 6.04. The van der Waals surface area contributed by atoms with Crippen LogP contribution < -0.4 is 0 Å². The molecule has 0 radical (unpaired) electrons. The molecule has 6 aromatic carbocycles. The van der Waals surface area contributed by atoms with E-state index >= 15 is 0 Å². The molecule has 7 aromatic rings. The number of allylic oxidation sites excluding steroid dienone is 4. The molecule has 0 aliphatic carbocycles. The smallest absolute Gasteiger partial charge is 0.189 e. The molecule has 0 N–H and O–H groups in total. The first-order valence-corrected chi connectivity index (χ1v) is 16.0. The molecule has 5 heteroatoms. The summed E-state index contributed by atoms with van der Waals surface area (Å²) in [5.74, 6) is 1.66. The van der Waals surface area contributed by atoms with Crippen LogP contribution in [-0.2, 0) is 0 Å². The van der Waals surface area contributed by atoms with E-state index in [0.717, 1.165) is 55.3 Å². The van der Waals surface area contributed by atoms with Crippen LogP contribution in [0.5, 0.6) is 0 Å². The van der Waals surface area contributed by atoms with Crippen LogP contribution in [0.2, 0.25) is 0 Å². The Bertz CT molecular complexity index is 2430. The zero-order valence-corrected chi connectivity index (χ0v) is 27.1. The summed E-state index contributed by atoms with van der Waals surface area (Å²) >= 11 is 0. The highest BCUT2D eigenvalue weighted by Crippen LogP contribution is 2.35. The highest BCUT2D eigenvalue weighted by Gasteiger charge is 2.13. The van der Waals surface area contributed by atoms with Crippen LogP contribution >= 0.6 is 0 Å². The molecule has 0 aliphatic rings. The maximum absolute atomic E-state index is 9.42. The van der Waals surface area contributed by atoms with Crippen LogP contribution in [0.4, 0.5) is 5.69 Å². The van der Waals surface area contributed by atoms with Crippen molar-refractivity contribution >= 4 is 27.6 Å². The van der Waals surface area contributed by atoms with Crippen LogP contribution in [-0.4, -0.2) is 15.0 Å². The summed E-state index contributed by atoms with van der Waals surface area (Å²) in [6.45, 7) is 16.1. The molecular weight excluding hydrogens is 611 g/mol. The molecule has 0 bridgehead atoms. The van der Waals surface area contributed by atoms with Crippen molar-refractivity contribution in [2.24, 2.45) is 0 Å². The van der Waals surface area contributed by atoms with E-state index in [2.05, 4.69) is 60.5 Å². The minimum absolute atomic E-state index is 0.449. The van der Waals surface area contributed by atoms with Crippen molar-refractivity contribution < 1.29 is 0 Å². The zero-order valence-electron chi connectivity index (χ0n) is 27.1. The zero-order chi connectivity index (χ0) is 34.5. The first-order chi connectivity index (χ1) is 24.5. The molecule has 234 valence electrons. The third kappa shape index (κ3) is 6.49. The summed E-state index contributed by atoms with van der Waals surface area (Å²) in [6.07, 6.45) is 3.86. The summed E-state index contributed by atoms with van der Waals surface area (Å²) in [7, 11) is 0. The SMILES string of the molecule is [C-]#[N+]c1cc(C#N)cc(-c2ccc(-c3ccc(C(=C)/C=C\C(=C)c4nc(-c5ccccc5)nc(-c5ccccc5)n4)c4ccccc34)cc2)c1.